The minimum absolute atomic E-state index is 0.0142. The second-order valence-electron chi connectivity index (χ2n) is 14.0. The van der Waals surface area contributed by atoms with Crippen LogP contribution < -0.4 is 9.47 Å². The third-order valence-corrected chi connectivity index (χ3v) is 13.3. The van der Waals surface area contributed by atoms with Crippen molar-refractivity contribution >= 4 is 43.3 Å². The van der Waals surface area contributed by atoms with Gasteiger partial charge in [-0.25, -0.2) is 22.6 Å². The maximum atomic E-state index is 16.4. The Kier molecular flexibility index (Phi) is 12.3. The highest BCUT2D eigenvalue weighted by Crippen LogP contribution is 2.42. The summed E-state index contributed by atoms with van der Waals surface area (Å²) in [6.07, 6.45) is 2.98. The molecule has 57 heavy (non-hydrogen) atoms. The molecule has 0 amide bonds. The van der Waals surface area contributed by atoms with E-state index in [0.717, 1.165) is 62.3 Å². The normalized spacial score (nSPS) is 12.9. The third-order valence-electron chi connectivity index (χ3n) is 9.99. The second-order valence-corrected chi connectivity index (χ2v) is 18.0. The molecule has 13 heteroatoms. The van der Waals surface area contributed by atoms with Crippen LogP contribution in [0.15, 0.2) is 106 Å². The first kappa shape index (κ1) is 40.4. The van der Waals surface area contributed by atoms with Crippen LogP contribution in [0, 0.1) is 18.7 Å². The van der Waals surface area contributed by atoms with E-state index >= 15 is 4.39 Å². The Morgan fingerprint density at radius 2 is 1.54 bits per heavy atom. The van der Waals surface area contributed by atoms with Gasteiger partial charge in [0.15, 0.2) is 5.69 Å². The number of nitrogens with zero attached hydrogens (tertiary/aromatic N) is 3. The molecule has 0 bridgehead atoms. The molecule has 2 aromatic heterocycles. The smallest absolute Gasteiger partial charge is 0.358 e. The minimum Gasteiger partial charge on any atom is -0.497 e. The number of esters is 1. The summed E-state index contributed by atoms with van der Waals surface area (Å²) >= 11 is 5.07. The zero-order valence-electron chi connectivity index (χ0n) is 32.1. The van der Waals surface area contributed by atoms with Crippen LogP contribution in [0.2, 0.25) is 0 Å². The van der Waals surface area contributed by atoms with Crippen LogP contribution in [-0.2, 0) is 40.8 Å². The van der Waals surface area contributed by atoms with Crippen LogP contribution in [-0.4, -0.2) is 49.1 Å². The zero-order chi connectivity index (χ0) is 40.3. The van der Waals surface area contributed by atoms with Crippen LogP contribution in [0.5, 0.6) is 11.5 Å². The van der Waals surface area contributed by atoms with Gasteiger partial charge in [-0.2, -0.15) is 4.31 Å². The number of rotatable bonds is 16. The number of hydrogen-bond acceptors (Lipinski definition) is 8. The molecule has 0 spiro atoms. The molecule has 7 rings (SSSR count). The summed E-state index contributed by atoms with van der Waals surface area (Å²) in [4.78, 5) is 17.9. The Labute approximate surface area is 345 Å². The zero-order valence-corrected chi connectivity index (χ0v) is 35.3. The van der Waals surface area contributed by atoms with Gasteiger partial charge < -0.3 is 18.8 Å². The molecule has 0 N–H and O–H groups in total. The summed E-state index contributed by atoms with van der Waals surface area (Å²) in [6, 6.07) is 28.7. The Morgan fingerprint density at radius 1 is 0.912 bits per heavy atom. The number of carbonyl (C=O) groups excluding carboxylic acids is 1. The van der Waals surface area contributed by atoms with E-state index in [1.807, 2.05) is 31.2 Å². The standard InChI is InChI=1S/C44H43BrFN3O6S2/c1-5-55-44(50)42-28(2)56-43(47-42)37-24-39(33-7-6-8-34(45)23-33)49(40(37)22-29-9-10-29)27-32-15-20-41(38(46)21-32)57(51,52)48(25-30-11-16-35(53-3)17-12-30)26-31-13-18-36(54-4)19-14-31/h6-8,11-21,23-24,29H,5,9-10,22,25-27H2,1-4H3. The summed E-state index contributed by atoms with van der Waals surface area (Å²) in [5, 5.41) is 0.711. The van der Waals surface area contributed by atoms with Crippen LogP contribution in [0.4, 0.5) is 4.39 Å². The van der Waals surface area contributed by atoms with E-state index in [1.165, 1.54) is 27.8 Å². The van der Waals surface area contributed by atoms with Gasteiger partial charge in [-0.3, -0.25) is 0 Å². The maximum absolute atomic E-state index is 16.4. The summed E-state index contributed by atoms with van der Waals surface area (Å²) in [7, 11) is -1.19. The topological polar surface area (TPSA) is 100.0 Å². The number of thiazole rings is 1. The molecule has 0 unspecified atom stereocenters. The molecule has 1 aliphatic rings. The quantitative estimate of drug-likeness (QED) is 0.0893. The highest BCUT2D eigenvalue weighted by Gasteiger charge is 2.31. The minimum atomic E-state index is -4.33. The Bertz CT molecular complexity index is 2450. The second kappa shape index (κ2) is 17.4. The van der Waals surface area contributed by atoms with E-state index in [-0.39, 0.29) is 26.2 Å². The van der Waals surface area contributed by atoms with Crippen molar-refractivity contribution in [3.8, 4) is 33.3 Å². The van der Waals surface area contributed by atoms with Gasteiger partial charge in [0, 0.05) is 45.9 Å². The fraction of sp³-hybridized carbons (Fsp3) is 0.273. The predicted molar refractivity (Wildman–Crippen MR) is 224 cm³/mol. The van der Waals surface area contributed by atoms with Crippen molar-refractivity contribution in [1.29, 1.82) is 0 Å². The van der Waals surface area contributed by atoms with E-state index in [4.69, 9.17) is 19.2 Å². The molecule has 2 heterocycles. The first-order valence-corrected chi connectivity index (χ1v) is 21.7. The average molecular weight is 873 g/mol. The van der Waals surface area contributed by atoms with Gasteiger partial charge in [0.1, 0.15) is 27.2 Å². The number of carbonyl (C=O) groups is 1. The summed E-state index contributed by atoms with van der Waals surface area (Å²) < 4.78 is 65.5. The lowest BCUT2D eigenvalue weighted by Gasteiger charge is -2.23. The highest BCUT2D eigenvalue weighted by atomic mass is 79.9. The molecule has 9 nitrogen and oxygen atoms in total. The van der Waals surface area contributed by atoms with Gasteiger partial charge in [0.25, 0.3) is 0 Å². The molecular weight excluding hydrogens is 830 g/mol. The highest BCUT2D eigenvalue weighted by molar-refractivity contribution is 9.10. The Balaban J connectivity index is 1.27. The van der Waals surface area contributed by atoms with Crippen molar-refractivity contribution in [2.45, 2.75) is 57.6 Å². The summed E-state index contributed by atoms with van der Waals surface area (Å²) in [5.74, 6) is 0.490. The average Bonchev–Trinajstić information content (AvgIpc) is 3.84. The van der Waals surface area contributed by atoms with E-state index < -0.39 is 26.7 Å². The lowest BCUT2D eigenvalue weighted by atomic mass is 10.1. The van der Waals surface area contributed by atoms with Gasteiger partial charge >= 0.3 is 5.97 Å². The molecular formula is C44H43BrFN3O6S2. The number of ether oxygens (including phenoxy) is 3. The molecule has 0 saturated heterocycles. The van der Waals surface area contributed by atoms with Crippen molar-refractivity contribution in [2.24, 2.45) is 5.92 Å². The molecule has 0 atom stereocenters. The molecule has 1 fully saturated rings. The van der Waals surface area contributed by atoms with E-state index in [0.29, 0.717) is 33.7 Å². The molecule has 296 valence electrons. The van der Waals surface area contributed by atoms with Crippen LogP contribution >= 0.6 is 27.3 Å². The molecule has 4 aromatic carbocycles. The number of hydrogen-bond donors (Lipinski definition) is 0. The van der Waals surface area contributed by atoms with Gasteiger partial charge in [0.05, 0.1) is 20.8 Å². The van der Waals surface area contributed by atoms with Gasteiger partial charge in [-0.05, 0) is 116 Å². The molecule has 1 saturated carbocycles. The number of halogens is 2. The van der Waals surface area contributed by atoms with E-state index in [1.54, 1.807) is 75.7 Å². The van der Waals surface area contributed by atoms with Crippen LogP contribution in [0.1, 0.15) is 57.5 Å². The van der Waals surface area contributed by atoms with Crippen LogP contribution in [0.25, 0.3) is 21.8 Å². The predicted octanol–water partition coefficient (Wildman–Crippen LogP) is 10.1. The number of benzene rings is 4. The Morgan fingerprint density at radius 3 is 2.11 bits per heavy atom. The van der Waals surface area contributed by atoms with E-state index in [2.05, 4.69) is 26.6 Å². The van der Waals surface area contributed by atoms with Crippen molar-refractivity contribution in [2.75, 3.05) is 20.8 Å². The fourth-order valence-corrected chi connectivity index (χ4v) is 9.63. The lowest BCUT2D eigenvalue weighted by Crippen LogP contribution is -2.31. The summed E-state index contributed by atoms with van der Waals surface area (Å²) in [5.41, 5.74) is 6.13. The monoisotopic (exact) mass is 871 g/mol. The molecule has 1 aliphatic carbocycles. The van der Waals surface area contributed by atoms with Crippen molar-refractivity contribution < 1.29 is 31.8 Å². The number of methoxy groups -OCH3 is 2. The van der Waals surface area contributed by atoms with Crippen molar-refractivity contribution in [1.82, 2.24) is 13.9 Å². The molecule has 6 aromatic rings. The summed E-state index contributed by atoms with van der Waals surface area (Å²) in [6.45, 7) is 4.19. The van der Waals surface area contributed by atoms with Gasteiger partial charge in [-0.1, -0.05) is 58.4 Å². The lowest BCUT2D eigenvalue weighted by molar-refractivity contribution is 0.0519. The van der Waals surface area contributed by atoms with Crippen LogP contribution in [0.3, 0.4) is 0 Å². The number of aryl methyl sites for hydroxylation is 1. The molecule has 0 aliphatic heterocycles. The third kappa shape index (κ3) is 9.17. The maximum Gasteiger partial charge on any atom is 0.358 e. The number of sulfonamides is 1. The first-order chi connectivity index (χ1) is 27.5. The van der Waals surface area contributed by atoms with E-state index in [9.17, 15) is 13.2 Å². The van der Waals surface area contributed by atoms with Crippen molar-refractivity contribution in [3.63, 3.8) is 0 Å². The largest absolute Gasteiger partial charge is 0.497 e. The SMILES string of the molecule is CCOC(=O)c1nc(-c2cc(-c3cccc(Br)c3)n(Cc3ccc(S(=O)(=O)N(Cc4ccc(OC)cc4)Cc4ccc(OC)cc4)c(F)c3)c2CC2CC2)sc1C. The van der Waals surface area contributed by atoms with Gasteiger partial charge in [-0.15, -0.1) is 11.3 Å². The van der Waals surface area contributed by atoms with Crippen molar-refractivity contribution in [3.05, 3.63) is 140 Å². The Hall–Kier alpha value is -4.82. The molecule has 0 radical (unpaired) electrons. The number of aromatic nitrogens is 2. The van der Waals surface area contributed by atoms with Gasteiger partial charge in [0.2, 0.25) is 10.0 Å². The first-order valence-electron chi connectivity index (χ1n) is 18.6. The fourth-order valence-electron chi connectivity index (χ4n) is 6.83.